The molecule has 7 nitrogen and oxygen atoms in total. The number of rotatable bonds is 6. The normalized spacial score (nSPS) is 15.3. The van der Waals surface area contributed by atoms with Crippen molar-refractivity contribution in [1.29, 1.82) is 0 Å². The Morgan fingerprint density at radius 3 is 2.39 bits per heavy atom. The first kappa shape index (κ1) is 23.2. The summed E-state index contributed by atoms with van der Waals surface area (Å²) >= 11 is 0. The van der Waals surface area contributed by atoms with E-state index < -0.39 is 15.6 Å². The van der Waals surface area contributed by atoms with Gasteiger partial charge < -0.3 is 9.73 Å². The number of carbonyl (C=O) groups excluding carboxylic acids is 1. The van der Waals surface area contributed by atoms with Crippen LogP contribution >= 0.6 is 0 Å². The van der Waals surface area contributed by atoms with Gasteiger partial charge in [0.1, 0.15) is 5.58 Å². The highest BCUT2D eigenvalue weighted by Gasteiger charge is 2.24. The molecule has 1 fully saturated rings. The minimum absolute atomic E-state index is 0.175. The van der Waals surface area contributed by atoms with Crippen molar-refractivity contribution in [2.45, 2.75) is 50.3 Å². The highest BCUT2D eigenvalue weighted by molar-refractivity contribution is 7.89. The molecule has 3 aromatic rings. The van der Waals surface area contributed by atoms with Crippen LogP contribution < -0.4 is 10.9 Å². The molecule has 0 spiro atoms. The van der Waals surface area contributed by atoms with E-state index in [4.69, 9.17) is 4.42 Å². The third-order valence-corrected chi connectivity index (χ3v) is 7.91. The molecule has 1 aromatic heterocycles. The van der Waals surface area contributed by atoms with Crippen LogP contribution in [-0.4, -0.2) is 31.7 Å². The van der Waals surface area contributed by atoms with Gasteiger partial charge >= 0.3 is 5.63 Å². The second-order valence-electron chi connectivity index (χ2n) is 8.47. The van der Waals surface area contributed by atoms with E-state index >= 15 is 0 Å². The van der Waals surface area contributed by atoms with Gasteiger partial charge in [0.05, 0.1) is 4.90 Å². The van der Waals surface area contributed by atoms with Crippen LogP contribution in [0.3, 0.4) is 0 Å². The van der Waals surface area contributed by atoms with Crippen LogP contribution in [0.25, 0.3) is 11.0 Å². The summed E-state index contributed by atoms with van der Waals surface area (Å²) in [5, 5.41) is 3.65. The van der Waals surface area contributed by atoms with Gasteiger partial charge in [0.25, 0.3) is 0 Å². The summed E-state index contributed by atoms with van der Waals surface area (Å²) in [6, 6.07) is 13.5. The van der Waals surface area contributed by atoms with Crippen molar-refractivity contribution in [3.63, 3.8) is 0 Å². The van der Waals surface area contributed by atoms with E-state index in [1.807, 2.05) is 13.0 Å². The number of amides is 1. The molecule has 8 heteroatoms. The Balaban J connectivity index is 1.37. The molecule has 2 heterocycles. The monoisotopic (exact) mass is 468 g/mol. The molecule has 2 aromatic carbocycles. The SMILES string of the molecule is Cc1cc(=O)oc2cc(NC(=O)CCc3ccc(S(=O)(=O)N4CCCCCC4)cc3)ccc12. The first-order valence-electron chi connectivity index (χ1n) is 11.3. The number of carbonyl (C=O) groups is 1. The fourth-order valence-electron chi connectivity index (χ4n) is 4.14. The summed E-state index contributed by atoms with van der Waals surface area (Å²) < 4.78 is 32.6. The molecule has 1 amide bonds. The number of fused-ring (bicyclic) bond motifs is 1. The van der Waals surface area contributed by atoms with E-state index in [1.54, 1.807) is 40.7 Å². The maximum Gasteiger partial charge on any atom is 0.336 e. The van der Waals surface area contributed by atoms with E-state index in [9.17, 15) is 18.0 Å². The minimum atomic E-state index is -3.48. The zero-order valence-electron chi connectivity index (χ0n) is 18.7. The van der Waals surface area contributed by atoms with Crippen LogP contribution in [0.5, 0.6) is 0 Å². The predicted octanol–water partition coefficient (Wildman–Crippen LogP) is 4.24. The van der Waals surface area contributed by atoms with Gasteiger partial charge in [-0.05, 0) is 61.6 Å². The summed E-state index contributed by atoms with van der Waals surface area (Å²) in [6.45, 7) is 2.98. The molecular formula is C25H28N2O5S. The molecule has 33 heavy (non-hydrogen) atoms. The predicted molar refractivity (Wildman–Crippen MR) is 128 cm³/mol. The Kier molecular flexibility index (Phi) is 6.95. The number of anilines is 1. The summed E-state index contributed by atoms with van der Waals surface area (Å²) in [4.78, 5) is 24.3. The third kappa shape index (κ3) is 5.51. The number of hydrogen-bond donors (Lipinski definition) is 1. The molecule has 0 bridgehead atoms. The summed E-state index contributed by atoms with van der Waals surface area (Å²) in [5.74, 6) is -0.175. The zero-order chi connectivity index (χ0) is 23.4. The third-order valence-electron chi connectivity index (χ3n) is 6.00. The lowest BCUT2D eigenvalue weighted by molar-refractivity contribution is -0.116. The first-order chi connectivity index (χ1) is 15.8. The summed E-state index contributed by atoms with van der Waals surface area (Å²) in [6.07, 6.45) is 4.66. The van der Waals surface area contributed by atoms with Gasteiger partial charge in [-0.1, -0.05) is 25.0 Å². The van der Waals surface area contributed by atoms with Gasteiger partial charge in [-0.3, -0.25) is 4.79 Å². The van der Waals surface area contributed by atoms with Crippen LogP contribution in [0.15, 0.2) is 62.6 Å². The maximum absolute atomic E-state index is 12.9. The van der Waals surface area contributed by atoms with Gasteiger partial charge in [-0.15, -0.1) is 0 Å². The molecule has 1 aliphatic rings. The fourth-order valence-corrected chi connectivity index (χ4v) is 5.66. The van der Waals surface area contributed by atoms with Gasteiger partial charge in [-0.25, -0.2) is 13.2 Å². The molecular weight excluding hydrogens is 440 g/mol. The van der Waals surface area contributed by atoms with Crippen molar-refractivity contribution in [3.8, 4) is 0 Å². The van der Waals surface area contributed by atoms with Gasteiger partial charge in [0.15, 0.2) is 0 Å². The smallest absolute Gasteiger partial charge is 0.336 e. The van der Waals surface area contributed by atoms with Gasteiger partial charge in [0, 0.05) is 42.7 Å². The van der Waals surface area contributed by atoms with Gasteiger partial charge in [0.2, 0.25) is 15.9 Å². The quantitative estimate of drug-likeness (QED) is 0.546. The number of sulfonamides is 1. The highest BCUT2D eigenvalue weighted by atomic mass is 32.2. The number of nitrogens with one attached hydrogen (secondary N) is 1. The molecule has 4 rings (SSSR count). The Morgan fingerprint density at radius 2 is 1.70 bits per heavy atom. The van der Waals surface area contributed by atoms with Crippen LogP contribution in [0.4, 0.5) is 5.69 Å². The molecule has 1 N–H and O–H groups in total. The van der Waals surface area contributed by atoms with Crippen LogP contribution in [0, 0.1) is 6.92 Å². The Morgan fingerprint density at radius 1 is 1.00 bits per heavy atom. The largest absolute Gasteiger partial charge is 0.423 e. The van der Waals surface area contributed by atoms with Gasteiger partial charge in [-0.2, -0.15) is 4.31 Å². The van der Waals surface area contributed by atoms with Crippen LogP contribution in [-0.2, 0) is 21.2 Å². The molecule has 0 saturated carbocycles. The Hall–Kier alpha value is -2.97. The Labute approximate surface area is 193 Å². The second kappa shape index (κ2) is 9.89. The lowest BCUT2D eigenvalue weighted by atomic mass is 10.1. The second-order valence-corrected chi connectivity index (χ2v) is 10.4. The number of benzene rings is 2. The van der Waals surface area contributed by atoms with Crippen molar-refractivity contribution in [2.24, 2.45) is 0 Å². The van der Waals surface area contributed by atoms with E-state index in [1.165, 1.54) is 6.07 Å². The van der Waals surface area contributed by atoms with E-state index in [2.05, 4.69) is 5.32 Å². The van der Waals surface area contributed by atoms with Crippen molar-refractivity contribution in [1.82, 2.24) is 4.31 Å². The molecule has 0 unspecified atom stereocenters. The average molecular weight is 469 g/mol. The minimum Gasteiger partial charge on any atom is -0.423 e. The molecule has 0 radical (unpaired) electrons. The zero-order valence-corrected chi connectivity index (χ0v) is 19.5. The standard InChI is InChI=1S/C25H28N2O5S/c1-18-16-25(29)32-23-17-20(9-12-22(18)23)26-24(28)13-8-19-6-10-21(11-7-19)33(30,31)27-14-4-2-3-5-15-27/h6-7,9-12,16-17H,2-5,8,13-15H2,1H3,(H,26,28). The fraction of sp³-hybridized carbons (Fsp3) is 0.360. The van der Waals surface area contributed by atoms with Crippen molar-refractivity contribution >= 4 is 32.6 Å². The highest BCUT2D eigenvalue weighted by Crippen LogP contribution is 2.22. The van der Waals surface area contributed by atoms with Crippen LogP contribution in [0.2, 0.25) is 0 Å². The van der Waals surface area contributed by atoms with E-state index in [0.717, 1.165) is 42.2 Å². The van der Waals surface area contributed by atoms with E-state index in [-0.39, 0.29) is 12.3 Å². The lowest BCUT2D eigenvalue weighted by Crippen LogP contribution is -2.31. The maximum atomic E-state index is 12.9. The lowest BCUT2D eigenvalue weighted by Gasteiger charge is -2.20. The first-order valence-corrected chi connectivity index (χ1v) is 12.7. The van der Waals surface area contributed by atoms with E-state index in [0.29, 0.717) is 35.7 Å². The molecule has 1 aliphatic heterocycles. The topological polar surface area (TPSA) is 96.7 Å². The van der Waals surface area contributed by atoms with Crippen molar-refractivity contribution in [3.05, 3.63) is 70.1 Å². The van der Waals surface area contributed by atoms with Crippen molar-refractivity contribution in [2.75, 3.05) is 18.4 Å². The van der Waals surface area contributed by atoms with Crippen LogP contribution in [0.1, 0.15) is 43.2 Å². The number of aryl methyl sites for hydroxylation is 2. The van der Waals surface area contributed by atoms with Crippen molar-refractivity contribution < 1.29 is 17.6 Å². The molecule has 174 valence electrons. The summed E-state index contributed by atoms with van der Waals surface area (Å²) in [5.41, 5.74) is 2.27. The number of nitrogens with zero attached hydrogens (tertiary/aromatic N) is 1. The Bertz CT molecular complexity index is 1300. The summed E-state index contributed by atoms with van der Waals surface area (Å²) in [7, 11) is -3.48. The molecule has 0 aliphatic carbocycles. The average Bonchev–Trinajstić information content (AvgIpc) is 3.08. The molecule has 1 saturated heterocycles. The number of hydrogen-bond acceptors (Lipinski definition) is 5. The molecule has 0 atom stereocenters.